The van der Waals surface area contributed by atoms with Gasteiger partial charge in [0.05, 0.1) is 16.6 Å². The van der Waals surface area contributed by atoms with Gasteiger partial charge in [0.1, 0.15) is 17.5 Å². The molecule has 0 bridgehead atoms. The maximum Gasteiger partial charge on any atom is 0.141 e. The average molecular weight is 265 g/mol. The summed E-state index contributed by atoms with van der Waals surface area (Å²) in [6.07, 6.45) is 0. The van der Waals surface area contributed by atoms with Crippen molar-refractivity contribution < 1.29 is 8.78 Å². The Hall–Kier alpha value is -1.94. The van der Waals surface area contributed by atoms with Crippen LogP contribution >= 0.6 is 11.6 Å². The van der Waals surface area contributed by atoms with E-state index in [1.807, 2.05) is 0 Å². The molecule has 2 aromatic carbocycles. The van der Waals surface area contributed by atoms with Gasteiger partial charge in [0.25, 0.3) is 0 Å². The van der Waals surface area contributed by atoms with E-state index >= 15 is 0 Å². The third kappa shape index (κ3) is 1.84. The Morgan fingerprint density at radius 2 is 1.89 bits per heavy atom. The standard InChI is InChI=1S/C13H7ClF2N2/c14-7-1-4-11-12(5-7)18-13(17-11)9-6-8(15)2-3-10(9)16/h1-6H,(H,17,18). The first kappa shape index (κ1) is 11.2. The van der Waals surface area contributed by atoms with E-state index in [-0.39, 0.29) is 11.4 Å². The van der Waals surface area contributed by atoms with Crippen LogP contribution in [0.2, 0.25) is 5.02 Å². The summed E-state index contributed by atoms with van der Waals surface area (Å²) in [5.74, 6) is -0.754. The van der Waals surface area contributed by atoms with Crippen molar-refractivity contribution in [1.29, 1.82) is 0 Å². The third-order valence-electron chi connectivity index (χ3n) is 2.63. The van der Waals surface area contributed by atoms with Crippen molar-refractivity contribution in [2.45, 2.75) is 0 Å². The van der Waals surface area contributed by atoms with Crippen LogP contribution in [0.4, 0.5) is 8.78 Å². The molecule has 0 aliphatic rings. The van der Waals surface area contributed by atoms with E-state index < -0.39 is 11.6 Å². The summed E-state index contributed by atoms with van der Waals surface area (Å²) in [4.78, 5) is 7.12. The molecule has 3 rings (SSSR count). The van der Waals surface area contributed by atoms with E-state index in [2.05, 4.69) is 9.97 Å². The summed E-state index contributed by atoms with van der Waals surface area (Å²) in [7, 11) is 0. The molecule has 0 saturated heterocycles. The number of aromatic nitrogens is 2. The Balaban J connectivity index is 2.22. The summed E-state index contributed by atoms with van der Waals surface area (Å²) in [5, 5.41) is 0.553. The van der Waals surface area contributed by atoms with E-state index in [0.717, 1.165) is 18.2 Å². The van der Waals surface area contributed by atoms with E-state index in [9.17, 15) is 8.78 Å². The van der Waals surface area contributed by atoms with Gasteiger partial charge in [-0.25, -0.2) is 13.8 Å². The number of fused-ring (bicyclic) bond motifs is 1. The molecule has 0 aliphatic heterocycles. The minimum Gasteiger partial charge on any atom is -0.338 e. The SMILES string of the molecule is Fc1ccc(F)c(-c2nc3ccc(Cl)cc3[nH]2)c1. The summed E-state index contributed by atoms with van der Waals surface area (Å²) < 4.78 is 26.7. The number of hydrogen-bond donors (Lipinski definition) is 1. The fourth-order valence-corrected chi connectivity index (χ4v) is 1.96. The van der Waals surface area contributed by atoms with Gasteiger partial charge >= 0.3 is 0 Å². The maximum atomic E-state index is 13.6. The number of hydrogen-bond acceptors (Lipinski definition) is 1. The number of nitrogens with zero attached hydrogens (tertiary/aromatic N) is 1. The number of rotatable bonds is 1. The van der Waals surface area contributed by atoms with Crippen LogP contribution in [0.15, 0.2) is 36.4 Å². The minimum absolute atomic E-state index is 0.0994. The number of nitrogens with one attached hydrogen (secondary N) is 1. The van der Waals surface area contributed by atoms with Crippen molar-refractivity contribution in [2.24, 2.45) is 0 Å². The molecule has 0 spiro atoms. The molecular formula is C13H7ClF2N2. The number of H-pyrrole nitrogens is 1. The molecule has 90 valence electrons. The predicted octanol–water partition coefficient (Wildman–Crippen LogP) is 4.16. The monoisotopic (exact) mass is 264 g/mol. The van der Waals surface area contributed by atoms with Gasteiger partial charge < -0.3 is 4.98 Å². The molecular weight excluding hydrogens is 258 g/mol. The highest BCUT2D eigenvalue weighted by Gasteiger charge is 2.11. The van der Waals surface area contributed by atoms with E-state index in [0.29, 0.717) is 16.1 Å². The van der Waals surface area contributed by atoms with Crippen molar-refractivity contribution in [1.82, 2.24) is 9.97 Å². The third-order valence-corrected chi connectivity index (χ3v) is 2.86. The Bertz CT molecular complexity index is 737. The molecule has 1 aromatic heterocycles. The average Bonchev–Trinajstić information content (AvgIpc) is 2.74. The fraction of sp³-hybridized carbons (Fsp3) is 0. The largest absolute Gasteiger partial charge is 0.338 e. The number of imidazole rings is 1. The smallest absolute Gasteiger partial charge is 0.141 e. The molecule has 0 radical (unpaired) electrons. The summed E-state index contributed by atoms with van der Waals surface area (Å²) >= 11 is 5.85. The summed E-state index contributed by atoms with van der Waals surface area (Å²) in [5.41, 5.74) is 1.43. The van der Waals surface area contributed by atoms with Crippen LogP contribution in [0.3, 0.4) is 0 Å². The van der Waals surface area contributed by atoms with Gasteiger partial charge in [0.2, 0.25) is 0 Å². The number of halogens is 3. The molecule has 0 saturated carbocycles. The van der Waals surface area contributed by atoms with Gasteiger partial charge in [0, 0.05) is 5.02 Å². The van der Waals surface area contributed by atoms with Crippen LogP contribution < -0.4 is 0 Å². The second-order valence-corrected chi connectivity index (χ2v) is 4.31. The Kier molecular flexibility index (Phi) is 2.52. The lowest BCUT2D eigenvalue weighted by atomic mass is 10.2. The quantitative estimate of drug-likeness (QED) is 0.702. The highest BCUT2D eigenvalue weighted by molar-refractivity contribution is 6.31. The van der Waals surface area contributed by atoms with E-state index in [1.54, 1.807) is 18.2 Å². The second kappa shape index (κ2) is 4.07. The first-order valence-electron chi connectivity index (χ1n) is 5.24. The number of benzene rings is 2. The first-order valence-corrected chi connectivity index (χ1v) is 5.62. The molecule has 18 heavy (non-hydrogen) atoms. The molecule has 0 fully saturated rings. The van der Waals surface area contributed by atoms with Crippen molar-refractivity contribution in [2.75, 3.05) is 0 Å². The zero-order valence-electron chi connectivity index (χ0n) is 9.05. The molecule has 3 aromatic rings. The van der Waals surface area contributed by atoms with Crippen molar-refractivity contribution in [3.8, 4) is 11.4 Å². The normalized spacial score (nSPS) is 11.1. The van der Waals surface area contributed by atoms with Crippen LogP contribution in [0, 0.1) is 11.6 Å². The topological polar surface area (TPSA) is 28.7 Å². The Labute approximate surface area is 106 Å². The van der Waals surface area contributed by atoms with E-state index in [4.69, 9.17) is 11.6 Å². The molecule has 0 aliphatic carbocycles. The van der Waals surface area contributed by atoms with Crippen molar-refractivity contribution >= 4 is 22.6 Å². The molecule has 0 atom stereocenters. The lowest BCUT2D eigenvalue weighted by Gasteiger charge is -1.98. The van der Waals surface area contributed by atoms with E-state index in [1.165, 1.54) is 0 Å². The van der Waals surface area contributed by atoms with Crippen molar-refractivity contribution in [3.63, 3.8) is 0 Å². The maximum absolute atomic E-state index is 13.6. The van der Waals surface area contributed by atoms with Crippen LogP contribution in [0.25, 0.3) is 22.4 Å². The second-order valence-electron chi connectivity index (χ2n) is 3.87. The van der Waals surface area contributed by atoms with Crippen LogP contribution in [0.5, 0.6) is 0 Å². The van der Waals surface area contributed by atoms with Crippen LogP contribution in [0.1, 0.15) is 0 Å². The van der Waals surface area contributed by atoms with Crippen LogP contribution in [-0.4, -0.2) is 9.97 Å². The molecule has 0 unspecified atom stereocenters. The van der Waals surface area contributed by atoms with Gasteiger partial charge in [0.15, 0.2) is 0 Å². The zero-order valence-corrected chi connectivity index (χ0v) is 9.80. The molecule has 5 heteroatoms. The Morgan fingerprint density at radius 3 is 2.72 bits per heavy atom. The van der Waals surface area contributed by atoms with Gasteiger partial charge in [-0.2, -0.15) is 0 Å². The lowest BCUT2D eigenvalue weighted by Crippen LogP contribution is -1.87. The molecule has 1 N–H and O–H groups in total. The van der Waals surface area contributed by atoms with Crippen molar-refractivity contribution in [3.05, 3.63) is 53.1 Å². The minimum atomic E-state index is -0.526. The highest BCUT2D eigenvalue weighted by Crippen LogP contribution is 2.25. The Morgan fingerprint density at radius 1 is 1.06 bits per heavy atom. The highest BCUT2D eigenvalue weighted by atomic mass is 35.5. The first-order chi connectivity index (χ1) is 8.63. The van der Waals surface area contributed by atoms with Gasteiger partial charge in [-0.3, -0.25) is 0 Å². The fourth-order valence-electron chi connectivity index (χ4n) is 1.79. The summed E-state index contributed by atoms with van der Waals surface area (Å²) in [6.45, 7) is 0. The molecule has 0 amide bonds. The zero-order chi connectivity index (χ0) is 12.7. The van der Waals surface area contributed by atoms with Gasteiger partial charge in [-0.05, 0) is 36.4 Å². The van der Waals surface area contributed by atoms with Gasteiger partial charge in [-0.1, -0.05) is 11.6 Å². The molecule has 1 heterocycles. The molecule has 2 nitrogen and oxygen atoms in total. The lowest BCUT2D eigenvalue weighted by molar-refractivity contribution is 0.602. The summed E-state index contributed by atoms with van der Waals surface area (Å²) in [6, 6.07) is 8.34. The van der Waals surface area contributed by atoms with Crippen LogP contribution in [-0.2, 0) is 0 Å². The predicted molar refractivity (Wildman–Crippen MR) is 66.5 cm³/mol. The number of aromatic amines is 1. The van der Waals surface area contributed by atoms with Gasteiger partial charge in [-0.15, -0.1) is 0 Å².